The van der Waals surface area contributed by atoms with Gasteiger partial charge in [0.25, 0.3) is 0 Å². The van der Waals surface area contributed by atoms with Crippen molar-refractivity contribution in [1.29, 1.82) is 0 Å². The summed E-state index contributed by atoms with van der Waals surface area (Å²) >= 11 is 7.44. The Morgan fingerprint density at radius 1 is 1.50 bits per heavy atom. The molecule has 0 atom stereocenters. The maximum atomic E-state index is 5.56. The first-order valence-corrected chi connectivity index (χ1v) is 6.05. The lowest BCUT2D eigenvalue weighted by atomic mass is 10.3. The normalized spacial score (nSPS) is 12.1. The van der Waals surface area contributed by atoms with Crippen LogP contribution < -0.4 is 5.32 Å². The van der Waals surface area contributed by atoms with Gasteiger partial charge in [0.05, 0.1) is 0 Å². The summed E-state index contributed by atoms with van der Waals surface area (Å²) in [6, 6.07) is 4.39. The van der Waals surface area contributed by atoms with Gasteiger partial charge < -0.3 is 5.32 Å². The Morgan fingerprint density at radius 2 is 2.21 bits per heavy atom. The number of rotatable bonds is 5. The number of hydrogen-bond acceptors (Lipinski definition) is 2. The molecule has 0 aromatic carbocycles. The molecule has 0 radical (unpaired) electrons. The maximum absolute atomic E-state index is 5.56. The van der Waals surface area contributed by atoms with Gasteiger partial charge in [-0.25, -0.2) is 0 Å². The van der Waals surface area contributed by atoms with Crippen LogP contribution in [0.4, 0.5) is 0 Å². The molecule has 0 saturated carbocycles. The average Bonchev–Trinajstić information content (AvgIpc) is 2.65. The zero-order chi connectivity index (χ0) is 10.4. The summed E-state index contributed by atoms with van der Waals surface area (Å²) < 4.78 is 0. The molecule has 0 saturated heterocycles. The SMILES string of the molecule is CCc1ccc(CNC/C(C)=C/Cl)s1. The zero-order valence-electron chi connectivity index (χ0n) is 8.64. The fourth-order valence-corrected chi connectivity index (χ4v) is 2.13. The fourth-order valence-electron chi connectivity index (χ4n) is 1.13. The van der Waals surface area contributed by atoms with Crippen molar-refractivity contribution in [2.45, 2.75) is 26.8 Å². The molecular weight excluding hydrogens is 214 g/mol. The van der Waals surface area contributed by atoms with Crippen LogP contribution in [0, 0.1) is 0 Å². The van der Waals surface area contributed by atoms with E-state index in [-0.39, 0.29) is 0 Å². The Bertz CT molecular complexity index is 304. The van der Waals surface area contributed by atoms with Gasteiger partial charge in [-0.1, -0.05) is 18.5 Å². The molecule has 0 aliphatic carbocycles. The molecule has 1 aromatic rings. The molecule has 3 heteroatoms. The molecule has 0 bridgehead atoms. The summed E-state index contributed by atoms with van der Waals surface area (Å²) in [6.45, 7) is 6.00. The highest BCUT2D eigenvalue weighted by molar-refractivity contribution is 7.11. The van der Waals surface area contributed by atoms with Crippen LogP contribution in [0.1, 0.15) is 23.6 Å². The van der Waals surface area contributed by atoms with Crippen molar-refractivity contribution >= 4 is 22.9 Å². The molecule has 0 spiro atoms. The average molecular weight is 230 g/mol. The number of nitrogens with one attached hydrogen (secondary N) is 1. The van der Waals surface area contributed by atoms with E-state index >= 15 is 0 Å². The second-order valence-corrected chi connectivity index (χ2v) is 4.75. The summed E-state index contributed by atoms with van der Waals surface area (Å²) in [6.07, 6.45) is 1.13. The minimum Gasteiger partial charge on any atom is -0.308 e. The largest absolute Gasteiger partial charge is 0.308 e. The van der Waals surface area contributed by atoms with Gasteiger partial charge in [0.2, 0.25) is 0 Å². The molecule has 1 heterocycles. The molecule has 0 aliphatic rings. The molecule has 0 amide bonds. The lowest BCUT2D eigenvalue weighted by Gasteiger charge is -2.01. The second kappa shape index (κ2) is 6.23. The number of halogens is 1. The third-order valence-corrected chi connectivity index (χ3v) is 3.56. The third kappa shape index (κ3) is 3.82. The van der Waals surface area contributed by atoms with Crippen LogP contribution in [-0.2, 0) is 13.0 Å². The van der Waals surface area contributed by atoms with Crippen LogP contribution in [0.15, 0.2) is 23.2 Å². The first-order valence-electron chi connectivity index (χ1n) is 4.80. The predicted octanol–water partition coefficient (Wildman–Crippen LogP) is 3.54. The Hall–Kier alpha value is -0.310. The Kier molecular flexibility index (Phi) is 5.23. The van der Waals surface area contributed by atoms with Gasteiger partial charge in [0, 0.05) is 28.4 Å². The smallest absolute Gasteiger partial charge is 0.0302 e. The van der Waals surface area contributed by atoms with E-state index in [1.807, 2.05) is 18.3 Å². The highest BCUT2D eigenvalue weighted by atomic mass is 35.5. The van der Waals surface area contributed by atoms with E-state index < -0.39 is 0 Å². The maximum Gasteiger partial charge on any atom is 0.0302 e. The van der Waals surface area contributed by atoms with Crippen molar-refractivity contribution in [2.75, 3.05) is 6.54 Å². The Labute approximate surface area is 94.8 Å². The van der Waals surface area contributed by atoms with E-state index in [1.165, 1.54) is 15.3 Å². The molecular formula is C11H16ClNS. The summed E-state index contributed by atoms with van der Waals surface area (Å²) in [7, 11) is 0. The highest BCUT2D eigenvalue weighted by Gasteiger charge is 1.97. The summed E-state index contributed by atoms with van der Waals surface area (Å²) in [4.78, 5) is 2.84. The van der Waals surface area contributed by atoms with Gasteiger partial charge in [-0.05, 0) is 31.1 Å². The fraction of sp³-hybridized carbons (Fsp3) is 0.455. The van der Waals surface area contributed by atoms with Gasteiger partial charge in [-0.15, -0.1) is 11.3 Å². The number of hydrogen-bond donors (Lipinski definition) is 1. The van der Waals surface area contributed by atoms with Gasteiger partial charge in [-0.3, -0.25) is 0 Å². The second-order valence-electron chi connectivity index (χ2n) is 3.28. The van der Waals surface area contributed by atoms with E-state index in [1.54, 1.807) is 5.54 Å². The molecule has 0 unspecified atom stereocenters. The molecule has 0 fully saturated rings. The van der Waals surface area contributed by atoms with Crippen molar-refractivity contribution in [2.24, 2.45) is 0 Å². The predicted molar refractivity (Wildman–Crippen MR) is 65.0 cm³/mol. The van der Waals surface area contributed by atoms with Gasteiger partial charge in [-0.2, -0.15) is 0 Å². The van der Waals surface area contributed by atoms with Crippen molar-refractivity contribution in [1.82, 2.24) is 5.32 Å². The molecule has 1 rings (SSSR count). The standard InChI is InChI=1S/C11H16ClNS/c1-3-10-4-5-11(14-10)8-13-7-9(2)6-12/h4-6,13H,3,7-8H2,1-2H3/b9-6+. The number of thiophene rings is 1. The molecule has 78 valence electrons. The van der Waals surface area contributed by atoms with Crippen LogP contribution in [-0.4, -0.2) is 6.54 Å². The van der Waals surface area contributed by atoms with Crippen molar-refractivity contribution in [3.8, 4) is 0 Å². The summed E-state index contributed by atoms with van der Waals surface area (Å²) in [5.41, 5.74) is 2.79. The topological polar surface area (TPSA) is 12.0 Å². The van der Waals surface area contributed by atoms with Crippen LogP contribution >= 0.6 is 22.9 Å². The van der Waals surface area contributed by atoms with Crippen molar-refractivity contribution < 1.29 is 0 Å². The van der Waals surface area contributed by atoms with Crippen LogP contribution in [0.25, 0.3) is 0 Å². The molecule has 14 heavy (non-hydrogen) atoms. The molecule has 1 aromatic heterocycles. The van der Waals surface area contributed by atoms with Gasteiger partial charge in [0.15, 0.2) is 0 Å². The van der Waals surface area contributed by atoms with Crippen LogP contribution in [0.5, 0.6) is 0 Å². The van der Waals surface area contributed by atoms with E-state index in [9.17, 15) is 0 Å². The summed E-state index contributed by atoms with van der Waals surface area (Å²) in [5.74, 6) is 0. The first-order chi connectivity index (χ1) is 6.76. The highest BCUT2D eigenvalue weighted by Crippen LogP contribution is 2.16. The number of aryl methyl sites for hydroxylation is 1. The van der Waals surface area contributed by atoms with E-state index in [0.717, 1.165) is 19.5 Å². The minimum atomic E-state index is 0.864. The van der Waals surface area contributed by atoms with Crippen LogP contribution in [0.3, 0.4) is 0 Å². The lowest BCUT2D eigenvalue weighted by molar-refractivity contribution is 0.749. The monoisotopic (exact) mass is 229 g/mol. The quantitative estimate of drug-likeness (QED) is 0.815. The first kappa shape index (κ1) is 11.8. The minimum absolute atomic E-state index is 0.864. The third-order valence-electron chi connectivity index (χ3n) is 1.96. The van der Waals surface area contributed by atoms with Gasteiger partial charge >= 0.3 is 0 Å². The van der Waals surface area contributed by atoms with E-state index in [0.29, 0.717) is 0 Å². The molecule has 1 nitrogen and oxygen atoms in total. The zero-order valence-corrected chi connectivity index (χ0v) is 10.2. The van der Waals surface area contributed by atoms with E-state index in [4.69, 9.17) is 11.6 Å². The van der Waals surface area contributed by atoms with Crippen LogP contribution in [0.2, 0.25) is 0 Å². The summed E-state index contributed by atoms with van der Waals surface area (Å²) in [5, 5.41) is 3.35. The van der Waals surface area contributed by atoms with Crippen molar-refractivity contribution in [3.63, 3.8) is 0 Å². The lowest BCUT2D eigenvalue weighted by Crippen LogP contribution is -2.14. The van der Waals surface area contributed by atoms with Crippen molar-refractivity contribution in [3.05, 3.63) is 33.0 Å². The molecule has 1 N–H and O–H groups in total. The Morgan fingerprint density at radius 3 is 2.79 bits per heavy atom. The Balaban J connectivity index is 2.31. The molecule has 0 aliphatic heterocycles. The van der Waals surface area contributed by atoms with Gasteiger partial charge in [0.1, 0.15) is 0 Å². The van der Waals surface area contributed by atoms with E-state index in [2.05, 4.69) is 24.4 Å².